The second-order valence-corrected chi connectivity index (χ2v) is 6.50. The monoisotopic (exact) mass is 317 g/mol. The van der Waals surface area contributed by atoms with E-state index in [0.717, 1.165) is 29.9 Å². The Bertz CT molecular complexity index is 586. The molecular formula is C18H23NO4. The number of amides is 1. The molecular weight excluding hydrogens is 294 g/mol. The van der Waals surface area contributed by atoms with Crippen molar-refractivity contribution < 1.29 is 19.0 Å². The molecule has 5 nitrogen and oxygen atoms in total. The van der Waals surface area contributed by atoms with Gasteiger partial charge in [-0.05, 0) is 30.5 Å². The van der Waals surface area contributed by atoms with Crippen molar-refractivity contribution in [3.8, 4) is 11.5 Å². The second kappa shape index (κ2) is 6.40. The van der Waals surface area contributed by atoms with Crippen molar-refractivity contribution in [2.24, 2.45) is 0 Å². The van der Waals surface area contributed by atoms with Crippen LogP contribution in [0.25, 0.3) is 0 Å². The Morgan fingerprint density at radius 2 is 1.91 bits per heavy atom. The molecule has 1 amide bonds. The van der Waals surface area contributed by atoms with Crippen molar-refractivity contribution >= 4 is 5.91 Å². The lowest BCUT2D eigenvalue weighted by atomic mass is 9.90. The molecule has 5 heteroatoms. The summed E-state index contributed by atoms with van der Waals surface area (Å²) in [6.45, 7) is 2.53. The molecule has 0 bridgehead atoms. The first-order valence-electron chi connectivity index (χ1n) is 8.61. The zero-order valence-corrected chi connectivity index (χ0v) is 13.3. The number of ether oxygens (including phenoxy) is 3. The third-order valence-electron chi connectivity index (χ3n) is 5.01. The van der Waals surface area contributed by atoms with Crippen molar-refractivity contribution in [3.63, 3.8) is 0 Å². The number of nitrogens with zero attached hydrogens (tertiary/aromatic N) is 1. The Morgan fingerprint density at radius 3 is 2.83 bits per heavy atom. The van der Waals surface area contributed by atoms with E-state index in [1.165, 1.54) is 12.8 Å². The van der Waals surface area contributed by atoms with Gasteiger partial charge < -0.3 is 19.1 Å². The fraction of sp³-hybridized carbons (Fsp3) is 0.611. The third-order valence-corrected chi connectivity index (χ3v) is 5.01. The molecule has 2 aliphatic heterocycles. The van der Waals surface area contributed by atoms with E-state index in [-0.39, 0.29) is 18.1 Å². The van der Waals surface area contributed by atoms with E-state index in [2.05, 4.69) is 0 Å². The van der Waals surface area contributed by atoms with E-state index < -0.39 is 0 Å². The number of rotatable bonds is 2. The van der Waals surface area contributed by atoms with Crippen molar-refractivity contribution in [1.82, 2.24) is 4.90 Å². The first kappa shape index (κ1) is 14.8. The van der Waals surface area contributed by atoms with Crippen molar-refractivity contribution in [1.29, 1.82) is 0 Å². The first-order chi connectivity index (χ1) is 11.3. The minimum Gasteiger partial charge on any atom is -0.486 e. The highest BCUT2D eigenvalue weighted by Crippen LogP contribution is 2.32. The summed E-state index contributed by atoms with van der Waals surface area (Å²) in [4.78, 5) is 14.8. The fourth-order valence-electron chi connectivity index (χ4n) is 3.88. The van der Waals surface area contributed by atoms with E-state index in [4.69, 9.17) is 14.2 Å². The maximum absolute atomic E-state index is 12.8. The molecule has 1 aliphatic carbocycles. The summed E-state index contributed by atoms with van der Waals surface area (Å²) in [5.41, 5.74) is 0.984. The van der Waals surface area contributed by atoms with Crippen LogP contribution in [-0.2, 0) is 16.0 Å². The first-order valence-corrected chi connectivity index (χ1v) is 8.61. The number of hydrogen-bond acceptors (Lipinski definition) is 4. The van der Waals surface area contributed by atoms with Crippen LogP contribution >= 0.6 is 0 Å². The summed E-state index contributed by atoms with van der Waals surface area (Å²) in [7, 11) is 0. The van der Waals surface area contributed by atoms with Gasteiger partial charge in [0.1, 0.15) is 13.2 Å². The maximum Gasteiger partial charge on any atom is 0.227 e. The van der Waals surface area contributed by atoms with Gasteiger partial charge in [-0.15, -0.1) is 0 Å². The minimum absolute atomic E-state index is 0.196. The Hall–Kier alpha value is -1.75. The SMILES string of the molecule is O=C(Cc1ccc2c(c1)OCCO2)N1CCO[C@@H]2CCCC[C@H]21. The molecule has 2 heterocycles. The predicted octanol–water partition coefficient (Wildman–Crippen LogP) is 2.17. The predicted molar refractivity (Wildman–Crippen MR) is 84.8 cm³/mol. The molecule has 2 fully saturated rings. The van der Waals surface area contributed by atoms with Crippen LogP contribution in [0.3, 0.4) is 0 Å². The van der Waals surface area contributed by atoms with Gasteiger partial charge in [0, 0.05) is 6.54 Å². The lowest BCUT2D eigenvalue weighted by Crippen LogP contribution is -2.55. The molecule has 1 saturated heterocycles. The van der Waals surface area contributed by atoms with E-state index in [1.54, 1.807) is 0 Å². The van der Waals surface area contributed by atoms with E-state index in [1.807, 2.05) is 23.1 Å². The number of morpholine rings is 1. The van der Waals surface area contributed by atoms with Crippen LogP contribution in [0, 0.1) is 0 Å². The van der Waals surface area contributed by atoms with E-state index >= 15 is 0 Å². The Balaban J connectivity index is 1.46. The highest BCUT2D eigenvalue weighted by Gasteiger charge is 2.36. The van der Waals surface area contributed by atoms with E-state index in [9.17, 15) is 4.79 Å². The van der Waals surface area contributed by atoms with Gasteiger partial charge in [-0.25, -0.2) is 0 Å². The smallest absolute Gasteiger partial charge is 0.227 e. The average Bonchev–Trinajstić information content (AvgIpc) is 2.61. The van der Waals surface area contributed by atoms with Gasteiger partial charge >= 0.3 is 0 Å². The van der Waals surface area contributed by atoms with Crippen LogP contribution in [0.5, 0.6) is 11.5 Å². The molecule has 1 saturated carbocycles. The summed E-state index contributed by atoms with van der Waals surface area (Å²) in [6.07, 6.45) is 5.21. The molecule has 1 aromatic rings. The molecule has 4 rings (SSSR count). The molecule has 23 heavy (non-hydrogen) atoms. The van der Waals surface area contributed by atoms with Gasteiger partial charge in [0.05, 0.1) is 25.2 Å². The summed E-state index contributed by atoms with van der Waals surface area (Å²) >= 11 is 0. The van der Waals surface area contributed by atoms with Gasteiger partial charge in [-0.3, -0.25) is 4.79 Å². The second-order valence-electron chi connectivity index (χ2n) is 6.50. The van der Waals surface area contributed by atoms with Crippen LogP contribution < -0.4 is 9.47 Å². The molecule has 3 aliphatic rings. The minimum atomic E-state index is 0.196. The largest absolute Gasteiger partial charge is 0.486 e. The number of benzene rings is 1. The Labute approximate surface area is 136 Å². The van der Waals surface area contributed by atoms with Gasteiger partial charge in [0.2, 0.25) is 5.91 Å². The summed E-state index contributed by atoms with van der Waals surface area (Å²) < 4.78 is 17.0. The van der Waals surface area contributed by atoms with Crippen LogP contribution in [-0.4, -0.2) is 49.3 Å². The molecule has 0 unspecified atom stereocenters. The molecule has 124 valence electrons. The fourth-order valence-corrected chi connectivity index (χ4v) is 3.88. The molecule has 0 N–H and O–H groups in total. The van der Waals surface area contributed by atoms with Gasteiger partial charge in [0.15, 0.2) is 11.5 Å². The van der Waals surface area contributed by atoms with E-state index in [0.29, 0.717) is 32.8 Å². The summed E-state index contributed by atoms with van der Waals surface area (Å²) in [6, 6.07) is 6.07. The molecule has 0 spiro atoms. The van der Waals surface area contributed by atoms with Crippen molar-refractivity contribution in [2.45, 2.75) is 44.2 Å². The number of fused-ring (bicyclic) bond motifs is 2. The third kappa shape index (κ3) is 3.02. The van der Waals surface area contributed by atoms with Gasteiger partial charge in [-0.1, -0.05) is 18.9 Å². The normalized spacial score (nSPS) is 26.5. The lowest BCUT2D eigenvalue weighted by molar-refractivity contribution is -0.148. The van der Waals surface area contributed by atoms with Crippen LogP contribution in [0.4, 0.5) is 0 Å². The number of carbonyl (C=O) groups excluding carboxylic acids is 1. The molecule has 0 aromatic heterocycles. The highest BCUT2D eigenvalue weighted by molar-refractivity contribution is 5.79. The molecule has 0 radical (unpaired) electrons. The van der Waals surface area contributed by atoms with Crippen molar-refractivity contribution in [2.75, 3.05) is 26.4 Å². The number of hydrogen-bond donors (Lipinski definition) is 0. The summed E-state index contributed by atoms with van der Waals surface area (Å²) in [5, 5.41) is 0. The quantitative estimate of drug-likeness (QED) is 0.839. The number of carbonyl (C=O) groups is 1. The van der Waals surface area contributed by atoms with Crippen LogP contribution in [0.1, 0.15) is 31.2 Å². The van der Waals surface area contributed by atoms with Gasteiger partial charge in [-0.2, -0.15) is 0 Å². The topological polar surface area (TPSA) is 48.0 Å². The maximum atomic E-state index is 12.8. The Morgan fingerprint density at radius 1 is 1.09 bits per heavy atom. The zero-order chi connectivity index (χ0) is 15.6. The Kier molecular flexibility index (Phi) is 4.12. The zero-order valence-electron chi connectivity index (χ0n) is 13.3. The lowest BCUT2D eigenvalue weighted by Gasteiger charge is -2.43. The van der Waals surface area contributed by atoms with Crippen molar-refractivity contribution in [3.05, 3.63) is 23.8 Å². The summed E-state index contributed by atoms with van der Waals surface area (Å²) in [5.74, 6) is 1.71. The van der Waals surface area contributed by atoms with Crippen LogP contribution in [0.15, 0.2) is 18.2 Å². The molecule has 2 atom stereocenters. The van der Waals surface area contributed by atoms with Gasteiger partial charge in [0.25, 0.3) is 0 Å². The van der Waals surface area contributed by atoms with Crippen LogP contribution in [0.2, 0.25) is 0 Å². The standard InChI is InChI=1S/C18H23NO4/c20-18(19-7-8-21-15-4-2-1-3-14(15)19)12-13-5-6-16-17(11-13)23-10-9-22-16/h5-6,11,14-15H,1-4,7-10,12H2/t14-,15-/m1/s1. The average molecular weight is 317 g/mol. The molecule has 1 aromatic carbocycles. The highest BCUT2D eigenvalue weighted by atomic mass is 16.6.